The first-order chi connectivity index (χ1) is 18.1. The van der Waals surface area contributed by atoms with Crippen molar-refractivity contribution in [2.24, 2.45) is 0 Å². The number of aliphatic hydroxyl groups is 1. The van der Waals surface area contributed by atoms with Crippen molar-refractivity contribution in [3.05, 3.63) is 102 Å². The number of para-hydroxylation sites is 1. The summed E-state index contributed by atoms with van der Waals surface area (Å²) >= 11 is 0. The Morgan fingerprint density at radius 3 is 2.27 bits per heavy atom. The number of benzene rings is 3. The second-order valence-corrected chi connectivity index (χ2v) is 10.4. The van der Waals surface area contributed by atoms with Crippen LogP contribution in [0.5, 0.6) is 0 Å². The number of morpholine rings is 1. The van der Waals surface area contributed by atoms with Gasteiger partial charge in [0.2, 0.25) is 0 Å². The second-order valence-electron chi connectivity index (χ2n) is 10.4. The third kappa shape index (κ3) is 3.63. The summed E-state index contributed by atoms with van der Waals surface area (Å²) in [5, 5.41) is 12.9. The number of rotatable bonds is 3. The van der Waals surface area contributed by atoms with Gasteiger partial charge in [-0.1, -0.05) is 72.8 Å². The van der Waals surface area contributed by atoms with E-state index in [0.717, 1.165) is 16.5 Å². The molecule has 186 valence electrons. The van der Waals surface area contributed by atoms with Crippen LogP contribution in [-0.4, -0.2) is 53.0 Å². The van der Waals surface area contributed by atoms with Crippen LogP contribution in [-0.2, 0) is 15.1 Å². The van der Waals surface area contributed by atoms with Gasteiger partial charge in [-0.25, -0.2) is 4.79 Å². The summed E-state index contributed by atoms with van der Waals surface area (Å²) < 4.78 is 11.8. The number of fused-ring (bicyclic) bond motifs is 6. The summed E-state index contributed by atoms with van der Waals surface area (Å²) in [7, 11) is 0. The topological polar surface area (TPSA) is 71.9 Å². The Morgan fingerprint density at radius 2 is 1.57 bits per heavy atom. The number of hydrogen-bond acceptors (Lipinski definition) is 5. The summed E-state index contributed by atoms with van der Waals surface area (Å²) in [6.45, 7) is 1.03. The zero-order valence-corrected chi connectivity index (χ0v) is 20.4. The van der Waals surface area contributed by atoms with E-state index in [1.54, 1.807) is 6.20 Å². The highest BCUT2D eigenvalue weighted by molar-refractivity contribution is 5.82. The summed E-state index contributed by atoms with van der Waals surface area (Å²) in [6, 6.07) is 26.0. The van der Waals surface area contributed by atoms with Gasteiger partial charge in [-0.3, -0.25) is 9.88 Å². The average molecular weight is 493 g/mol. The van der Waals surface area contributed by atoms with E-state index >= 15 is 0 Å². The van der Waals surface area contributed by atoms with Crippen LogP contribution >= 0.6 is 0 Å². The predicted octanol–water partition coefficient (Wildman–Crippen LogP) is 5.23. The summed E-state index contributed by atoms with van der Waals surface area (Å²) in [5.74, 6) is 0.0101. The van der Waals surface area contributed by atoms with Crippen LogP contribution in [0.25, 0.3) is 22.0 Å². The molecule has 3 aliphatic rings. The van der Waals surface area contributed by atoms with Crippen LogP contribution in [0.15, 0.2) is 85.1 Å². The third-order valence-corrected chi connectivity index (χ3v) is 8.23. The molecule has 2 aliphatic heterocycles. The average Bonchev–Trinajstić information content (AvgIpc) is 3.24. The lowest BCUT2D eigenvalue weighted by Gasteiger charge is -2.51. The van der Waals surface area contributed by atoms with Gasteiger partial charge in [0.25, 0.3) is 0 Å². The van der Waals surface area contributed by atoms with E-state index in [4.69, 9.17) is 9.47 Å². The number of nitrogens with zero attached hydrogens (tertiary/aromatic N) is 2. The van der Waals surface area contributed by atoms with Crippen LogP contribution < -0.4 is 0 Å². The maximum Gasteiger partial charge on any atom is 0.410 e. The standard InChI is InChI=1S/C31H28N2O4/c34-30(37-19-27-25-11-3-1-9-23(25)24-10-2-4-12-26(24)27)33-21-15-31(35,16-22(33)18-36-17-21)28-13-5-7-20-8-6-14-32-29(20)28/h1-14,21-22,27,35H,15-19H2. The highest BCUT2D eigenvalue weighted by atomic mass is 16.6. The molecule has 7 rings (SSSR count). The Morgan fingerprint density at radius 1 is 0.919 bits per heavy atom. The van der Waals surface area contributed by atoms with Gasteiger partial charge in [0.05, 0.1) is 36.4 Å². The van der Waals surface area contributed by atoms with Crippen LogP contribution in [0.1, 0.15) is 35.4 Å². The minimum atomic E-state index is -1.09. The minimum Gasteiger partial charge on any atom is -0.448 e. The predicted molar refractivity (Wildman–Crippen MR) is 140 cm³/mol. The van der Waals surface area contributed by atoms with Crippen molar-refractivity contribution in [3.8, 4) is 11.1 Å². The van der Waals surface area contributed by atoms with E-state index in [9.17, 15) is 9.90 Å². The minimum absolute atomic E-state index is 0.0101. The normalized spacial score (nSPS) is 24.5. The molecule has 1 aliphatic carbocycles. The van der Waals surface area contributed by atoms with Crippen molar-refractivity contribution in [1.82, 2.24) is 9.88 Å². The second kappa shape index (κ2) is 8.68. The number of ether oxygens (including phenoxy) is 2. The first-order valence-corrected chi connectivity index (χ1v) is 12.9. The number of piperidine rings is 1. The lowest BCUT2D eigenvalue weighted by Crippen LogP contribution is -2.62. The van der Waals surface area contributed by atoms with E-state index < -0.39 is 5.60 Å². The van der Waals surface area contributed by atoms with Crippen LogP contribution in [0.3, 0.4) is 0 Å². The quantitative estimate of drug-likeness (QED) is 0.424. The van der Waals surface area contributed by atoms with E-state index in [1.165, 1.54) is 22.3 Å². The molecule has 2 atom stereocenters. The molecule has 2 bridgehead atoms. The van der Waals surface area contributed by atoms with Crippen molar-refractivity contribution in [2.45, 2.75) is 36.4 Å². The molecule has 1 amide bonds. The molecule has 3 heterocycles. The Balaban J connectivity index is 1.13. The van der Waals surface area contributed by atoms with Gasteiger partial charge in [0.15, 0.2) is 0 Å². The molecule has 0 saturated carbocycles. The fraction of sp³-hybridized carbons (Fsp3) is 0.290. The Labute approximate surface area is 215 Å². The monoisotopic (exact) mass is 492 g/mol. The van der Waals surface area contributed by atoms with Crippen molar-refractivity contribution < 1.29 is 19.4 Å². The molecule has 0 spiro atoms. The fourth-order valence-corrected chi connectivity index (χ4v) is 6.64. The number of carbonyl (C=O) groups is 1. The first kappa shape index (κ1) is 22.5. The smallest absolute Gasteiger partial charge is 0.410 e. The highest BCUT2D eigenvalue weighted by Crippen LogP contribution is 2.46. The maximum atomic E-state index is 13.5. The number of hydrogen-bond donors (Lipinski definition) is 1. The summed E-state index contributed by atoms with van der Waals surface area (Å²) in [5.41, 5.74) is 5.32. The van der Waals surface area contributed by atoms with Crippen molar-refractivity contribution in [2.75, 3.05) is 19.8 Å². The van der Waals surface area contributed by atoms with Crippen LogP contribution in [0, 0.1) is 0 Å². The van der Waals surface area contributed by atoms with E-state index in [1.807, 2.05) is 59.5 Å². The van der Waals surface area contributed by atoms with Gasteiger partial charge < -0.3 is 14.6 Å². The van der Waals surface area contributed by atoms with Crippen molar-refractivity contribution >= 4 is 17.0 Å². The first-order valence-electron chi connectivity index (χ1n) is 12.9. The SMILES string of the molecule is O=C(OCC1c2ccccc2-c2ccccc21)N1C2COCC1CC(O)(c1cccc3cccnc13)C2. The maximum absolute atomic E-state index is 13.5. The van der Waals surface area contributed by atoms with Gasteiger partial charge in [0.1, 0.15) is 6.61 Å². The Hall–Kier alpha value is -3.74. The van der Waals surface area contributed by atoms with Gasteiger partial charge in [-0.15, -0.1) is 0 Å². The number of aromatic nitrogens is 1. The largest absolute Gasteiger partial charge is 0.448 e. The zero-order valence-electron chi connectivity index (χ0n) is 20.4. The fourth-order valence-electron chi connectivity index (χ4n) is 6.64. The lowest BCUT2D eigenvalue weighted by atomic mass is 9.76. The lowest BCUT2D eigenvalue weighted by molar-refractivity contribution is -0.136. The molecule has 6 heteroatoms. The molecule has 37 heavy (non-hydrogen) atoms. The molecule has 1 N–H and O–H groups in total. The van der Waals surface area contributed by atoms with Gasteiger partial charge in [0, 0.05) is 35.9 Å². The van der Waals surface area contributed by atoms with Gasteiger partial charge >= 0.3 is 6.09 Å². The van der Waals surface area contributed by atoms with E-state index in [2.05, 4.69) is 29.2 Å². The van der Waals surface area contributed by atoms with E-state index in [-0.39, 0.29) is 30.7 Å². The molecule has 2 fully saturated rings. The van der Waals surface area contributed by atoms with Gasteiger partial charge in [-0.2, -0.15) is 0 Å². The van der Waals surface area contributed by atoms with Crippen molar-refractivity contribution in [1.29, 1.82) is 0 Å². The van der Waals surface area contributed by atoms with Crippen LogP contribution in [0.4, 0.5) is 4.79 Å². The Bertz CT molecular complexity index is 1440. The molecular weight excluding hydrogens is 464 g/mol. The molecule has 1 aromatic heterocycles. The molecule has 0 radical (unpaired) electrons. The molecule has 2 saturated heterocycles. The third-order valence-electron chi connectivity index (χ3n) is 8.23. The molecule has 4 aromatic rings. The molecular formula is C31H28N2O4. The summed E-state index contributed by atoms with van der Waals surface area (Å²) in [4.78, 5) is 19.9. The number of pyridine rings is 1. The summed E-state index contributed by atoms with van der Waals surface area (Å²) in [6.07, 6.45) is 2.18. The van der Waals surface area contributed by atoms with E-state index in [0.29, 0.717) is 26.1 Å². The Kier molecular flexibility index (Phi) is 5.27. The molecule has 6 nitrogen and oxygen atoms in total. The molecule has 3 aromatic carbocycles. The zero-order chi connectivity index (χ0) is 25.0. The van der Waals surface area contributed by atoms with Crippen LogP contribution in [0.2, 0.25) is 0 Å². The molecule has 2 unspecified atom stereocenters. The van der Waals surface area contributed by atoms with Gasteiger partial charge in [-0.05, 0) is 28.3 Å². The highest BCUT2D eigenvalue weighted by Gasteiger charge is 2.50. The number of amides is 1. The number of carbonyl (C=O) groups excluding carboxylic acids is 1. The van der Waals surface area contributed by atoms with Crippen molar-refractivity contribution in [3.63, 3.8) is 0 Å².